The van der Waals surface area contributed by atoms with Crippen molar-refractivity contribution in [3.63, 3.8) is 0 Å². The van der Waals surface area contributed by atoms with Gasteiger partial charge in [0.1, 0.15) is 18.4 Å². The van der Waals surface area contributed by atoms with E-state index in [1.165, 1.54) is 24.0 Å². The number of aryl methyl sites for hydroxylation is 2. The zero-order chi connectivity index (χ0) is 12.3. The number of benzene rings is 1. The van der Waals surface area contributed by atoms with Gasteiger partial charge in [-0.2, -0.15) is 0 Å². The minimum atomic E-state index is -1.04. The minimum Gasteiger partial charge on any atom is -0.491 e. The van der Waals surface area contributed by atoms with Gasteiger partial charge in [0, 0.05) is 0 Å². The molecule has 1 atom stereocenters. The third kappa shape index (κ3) is 2.97. The molecule has 1 unspecified atom stereocenters. The first-order valence-electron chi connectivity index (χ1n) is 5.90. The van der Waals surface area contributed by atoms with Gasteiger partial charge in [0.25, 0.3) is 0 Å². The van der Waals surface area contributed by atoms with Crippen molar-refractivity contribution >= 4 is 5.97 Å². The van der Waals surface area contributed by atoms with Crippen molar-refractivity contribution in [1.82, 2.24) is 0 Å². The molecule has 1 aliphatic carbocycles. The second-order valence-electron chi connectivity index (χ2n) is 4.39. The average Bonchev–Trinajstić information content (AvgIpc) is 2.35. The number of fused-ring (bicyclic) bond motifs is 1. The predicted octanol–water partition coefficient (Wildman–Crippen LogP) is 1.36. The molecule has 4 nitrogen and oxygen atoms in total. The van der Waals surface area contributed by atoms with E-state index in [2.05, 4.69) is 6.07 Å². The van der Waals surface area contributed by atoms with Crippen LogP contribution in [0, 0.1) is 0 Å². The molecule has 1 aromatic carbocycles. The molecule has 17 heavy (non-hydrogen) atoms. The highest BCUT2D eigenvalue weighted by molar-refractivity contribution is 5.73. The van der Waals surface area contributed by atoms with Gasteiger partial charge in [0.2, 0.25) is 0 Å². The Kier molecular flexibility index (Phi) is 3.64. The molecular weight excluding hydrogens is 218 g/mol. The lowest BCUT2D eigenvalue weighted by Gasteiger charge is -2.17. The number of hydrogen-bond acceptors (Lipinski definition) is 3. The highest BCUT2D eigenvalue weighted by Gasteiger charge is 2.13. The first kappa shape index (κ1) is 11.9. The Hall–Kier alpha value is -1.55. The monoisotopic (exact) mass is 235 g/mol. The zero-order valence-electron chi connectivity index (χ0n) is 9.69. The highest BCUT2D eigenvalue weighted by Crippen LogP contribution is 2.25. The van der Waals surface area contributed by atoms with Crippen molar-refractivity contribution in [2.45, 2.75) is 31.7 Å². The largest absolute Gasteiger partial charge is 0.491 e. The summed E-state index contributed by atoms with van der Waals surface area (Å²) < 4.78 is 5.39. The molecule has 1 aliphatic rings. The summed E-state index contributed by atoms with van der Waals surface area (Å²) in [6.07, 6.45) is 4.67. The number of rotatable bonds is 4. The third-order valence-corrected chi connectivity index (χ3v) is 3.07. The number of carbonyl (C=O) groups is 1. The maximum atomic E-state index is 10.5. The molecule has 0 heterocycles. The van der Waals surface area contributed by atoms with Gasteiger partial charge in [-0.3, -0.25) is 4.79 Å². The van der Waals surface area contributed by atoms with Gasteiger partial charge in [-0.25, -0.2) is 0 Å². The Labute approximate surface area is 100 Å². The molecule has 0 aromatic heterocycles. The Morgan fingerprint density at radius 3 is 2.76 bits per heavy atom. The topological polar surface area (TPSA) is 72.5 Å². The standard InChI is InChI=1S/C13H17NO3/c14-12(13(15)16)8-17-11-6-5-9-3-1-2-4-10(9)7-11/h5-7,12H,1-4,8,14H2,(H,15,16). The van der Waals surface area contributed by atoms with Gasteiger partial charge in [0.15, 0.2) is 0 Å². The van der Waals surface area contributed by atoms with Gasteiger partial charge < -0.3 is 15.6 Å². The molecule has 0 bridgehead atoms. The van der Waals surface area contributed by atoms with Crippen LogP contribution in [0.3, 0.4) is 0 Å². The molecular formula is C13H17NO3. The van der Waals surface area contributed by atoms with E-state index >= 15 is 0 Å². The lowest BCUT2D eigenvalue weighted by molar-refractivity contribution is -0.139. The van der Waals surface area contributed by atoms with E-state index in [4.69, 9.17) is 15.6 Å². The molecule has 1 aromatic rings. The van der Waals surface area contributed by atoms with Gasteiger partial charge in [-0.1, -0.05) is 6.07 Å². The molecule has 0 amide bonds. The number of ether oxygens (including phenoxy) is 1. The Balaban J connectivity index is 2.00. The van der Waals surface area contributed by atoms with Gasteiger partial charge in [-0.05, 0) is 48.9 Å². The van der Waals surface area contributed by atoms with E-state index in [-0.39, 0.29) is 6.61 Å². The maximum Gasteiger partial charge on any atom is 0.324 e. The van der Waals surface area contributed by atoms with Crippen LogP contribution >= 0.6 is 0 Å². The van der Waals surface area contributed by atoms with E-state index in [0.717, 1.165) is 12.8 Å². The SMILES string of the molecule is NC(COc1ccc2c(c1)CCCC2)C(=O)O. The summed E-state index contributed by atoms with van der Waals surface area (Å²) in [6.45, 7) is 0.00806. The maximum absolute atomic E-state index is 10.5. The van der Waals surface area contributed by atoms with Gasteiger partial charge in [0.05, 0.1) is 0 Å². The fraction of sp³-hybridized carbons (Fsp3) is 0.462. The zero-order valence-corrected chi connectivity index (χ0v) is 9.69. The van der Waals surface area contributed by atoms with E-state index in [0.29, 0.717) is 5.75 Å². The van der Waals surface area contributed by atoms with Crippen LogP contribution in [0.25, 0.3) is 0 Å². The number of carboxylic acids is 1. The van der Waals surface area contributed by atoms with Crippen LogP contribution in [-0.2, 0) is 17.6 Å². The Morgan fingerprint density at radius 2 is 2.06 bits per heavy atom. The third-order valence-electron chi connectivity index (χ3n) is 3.07. The van der Waals surface area contributed by atoms with Crippen LogP contribution in [0.5, 0.6) is 5.75 Å². The second-order valence-corrected chi connectivity index (χ2v) is 4.39. The second kappa shape index (κ2) is 5.19. The van der Waals surface area contributed by atoms with Crippen molar-refractivity contribution in [2.24, 2.45) is 5.73 Å². The van der Waals surface area contributed by atoms with Crippen LogP contribution in [0.1, 0.15) is 24.0 Å². The first-order valence-corrected chi connectivity index (χ1v) is 5.90. The van der Waals surface area contributed by atoms with Crippen molar-refractivity contribution in [2.75, 3.05) is 6.61 Å². The molecule has 92 valence electrons. The predicted molar refractivity (Wildman–Crippen MR) is 64.2 cm³/mol. The quantitative estimate of drug-likeness (QED) is 0.826. The van der Waals surface area contributed by atoms with Crippen molar-refractivity contribution in [1.29, 1.82) is 0 Å². The fourth-order valence-electron chi connectivity index (χ4n) is 2.06. The summed E-state index contributed by atoms with van der Waals surface area (Å²) in [6, 6.07) is 4.99. The van der Waals surface area contributed by atoms with Crippen LogP contribution in [0.2, 0.25) is 0 Å². The molecule has 0 saturated heterocycles. The van der Waals surface area contributed by atoms with Crippen molar-refractivity contribution in [3.05, 3.63) is 29.3 Å². The van der Waals surface area contributed by atoms with Crippen LogP contribution in [-0.4, -0.2) is 23.7 Å². The van der Waals surface area contributed by atoms with E-state index in [1.807, 2.05) is 12.1 Å². The summed E-state index contributed by atoms with van der Waals surface area (Å²) in [7, 11) is 0. The summed E-state index contributed by atoms with van der Waals surface area (Å²) in [5.74, 6) is -0.328. The Morgan fingerprint density at radius 1 is 1.35 bits per heavy atom. The average molecular weight is 235 g/mol. The van der Waals surface area contributed by atoms with Gasteiger partial charge in [-0.15, -0.1) is 0 Å². The normalized spacial score (nSPS) is 16.1. The molecule has 0 saturated carbocycles. The Bertz CT molecular complexity index is 417. The summed E-state index contributed by atoms with van der Waals surface area (Å²) >= 11 is 0. The molecule has 0 aliphatic heterocycles. The molecule has 2 rings (SSSR count). The van der Waals surface area contributed by atoms with Gasteiger partial charge >= 0.3 is 5.97 Å². The summed E-state index contributed by atoms with van der Waals surface area (Å²) in [4.78, 5) is 10.5. The molecule has 0 radical (unpaired) electrons. The molecule has 0 fully saturated rings. The number of aliphatic carboxylic acids is 1. The van der Waals surface area contributed by atoms with Crippen molar-refractivity contribution < 1.29 is 14.6 Å². The number of carboxylic acid groups (broad SMARTS) is 1. The highest BCUT2D eigenvalue weighted by atomic mass is 16.5. The summed E-state index contributed by atoms with van der Waals surface area (Å²) in [5, 5.41) is 8.65. The number of hydrogen-bond donors (Lipinski definition) is 2. The molecule has 0 spiro atoms. The smallest absolute Gasteiger partial charge is 0.324 e. The van der Waals surface area contributed by atoms with Crippen molar-refractivity contribution in [3.8, 4) is 5.75 Å². The molecule has 3 N–H and O–H groups in total. The lowest BCUT2D eigenvalue weighted by Crippen LogP contribution is -2.36. The van der Waals surface area contributed by atoms with Crippen LogP contribution < -0.4 is 10.5 Å². The molecule has 4 heteroatoms. The van der Waals surface area contributed by atoms with E-state index < -0.39 is 12.0 Å². The minimum absolute atomic E-state index is 0.00806. The summed E-state index contributed by atoms with van der Waals surface area (Å²) in [5.41, 5.74) is 8.08. The van der Waals surface area contributed by atoms with Crippen LogP contribution in [0.15, 0.2) is 18.2 Å². The van der Waals surface area contributed by atoms with E-state index in [9.17, 15) is 4.79 Å². The van der Waals surface area contributed by atoms with Crippen LogP contribution in [0.4, 0.5) is 0 Å². The first-order chi connectivity index (χ1) is 8.16. The number of nitrogens with two attached hydrogens (primary N) is 1. The van der Waals surface area contributed by atoms with E-state index in [1.54, 1.807) is 0 Å². The lowest BCUT2D eigenvalue weighted by atomic mass is 9.92. The fourth-order valence-corrected chi connectivity index (χ4v) is 2.06.